The first-order valence-corrected chi connectivity index (χ1v) is 12.6. The van der Waals surface area contributed by atoms with Gasteiger partial charge in [0, 0.05) is 48.3 Å². The van der Waals surface area contributed by atoms with Crippen molar-refractivity contribution in [3.63, 3.8) is 0 Å². The molecule has 0 spiro atoms. The first kappa shape index (κ1) is 27.1. The monoisotopic (exact) mass is 549 g/mol. The number of nitrogens with one attached hydrogen (secondary N) is 2. The molecule has 3 aromatic carbocycles. The normalized spacial score (nSPS) is 14.0. The Kier molecular flexibility index (Phi) is 8.23. The molecule has 11 heteroatoms. The van der Waals surface area contributed by atoms with Crippen LogP contribution in [0.15, 0.2) is 85.1 Å². The van der Waals surface area contributed by atoms with Gasteiger partial charge in [-0.1, -0.05) is 12.1 Å². The summed E-state index contributed by atoms with van der Waals surface area (Å²) >= 11 is 0. The smallest absolute Gasteiger partial charge is 0.406 e. The summed E-state index contributed by atoms with van der Waals surface area (Å²) < 4.78 is 46.5. The largest absolute Gasteiger partial charge is 0.573 e. The number of anilines is 3. The van der Waals surface area contributed by atoms with Crippen LogP contribution < -0.4 is 15.4 Å². The average molecular weight is 550 g/mol. The molecule has 1 aromatic heterocycles. The van der Waals surface area contributed by atoms with Crippen LogP contribution in [0.3, 0.4) is 0 Å². The highest BCUT2D eigenvalue weighted by atomic mass is 19.4. The van der Waals surface area contributed by atoms with E-state index in [1.807, 2.05) is 24.3 Å². The molecule has 206 valence electrons. The first-order chi connectivity index (χ1) is 19.3. The van der Waals surface area contributed by atoms with Crippen LogP contribution in [0.25, 0.3) is 11.3 Å². The molecule has 0 aliphatic carbocycles. The van der Waals surface area contributed by atoms with E-state index in [0.29, 0.717) is 28.5 Å². The number of halogens is 3. The second kappa shape index (κ2) is 12.1. The van der Waals surface area contributed by atoms with Crippen molar-refractivity contribution in [2.45, 2.75) is 12.9 Å². The van der Waals surface area contributed by atoms with Crippen LogP contribution >= 0.6 is 0 Å². The van der Waals surface area contributed by atoms with Crippen molar-refractivity contribution in [1.29, 1.82) is 0 Å². The van der Waals surface area contributed by atoms with Gasteiger partial charge >= 0.3 is 6.36 Å². The minimum Gasteiger partial charge on any atom is -0.406 e. The van der Waals surface area contributed by atoms with Crippen molar-refractivity contribution in [2.24, 2.45) is 0 Å². The summed E-state index contributed by atoms with van der Waals surface area (Å²) in [5.41, 5.74) is 4.10. The van der Waals surface area contributed by atoms with Crippen molar-refractivity contribution >= 4 is 23.2 Å². The number of nitrogens with zero attached hydrogens (tertiary/aromatic N) is 3. The SMILES string of the molecule is O=C(Nc1cccc(CN2CCOCC2)c1)c1ccc(Nc2nccc(-c3ccc(OC(F)(F)F)cc3)n2)cc1. The number of ether oxygens (including phenoxy) is 2. The van der Waals surface area contributed by atoms with Crippen LogP contribution in [0.2, 0.25) is 0 Å². The predicted octanol–water partition coefficient (Wildman–Crippen LogP) is 5.87. The van der Waals surface area contributed by atoms with Gasteiger partial charge in [-0.05, 0) is 72.3 Å². The van der Waals surface area contributed by atoms with E-state index in [4.69, 9.17) is 4.74 Å². The third-order valence-corrected chi connectivity index (χ3v) is 6.14. The molecule has 0 atom stereocenters. The molecular weight excluding hydrogens is 523 g/mol. The van der Waals surface area contributed by atoms with E-state index in [1.54, 1.807) is 36.5 Å². The van der Waals surface area contributed by atoms with Gasteiger partial charge in [0.1, 0.15) is 5.75 Å². The van der Waals surface area contributed by atoms with Gasteiger partial charge in [0.25, 0.3) is 5.91 Å². The Hall–Kier alpha value is -4.48. The standard InChI is InChI=1S/C29H26F3N5O3/c30-29(31,32)40-25-10-6-21(7-11-25)26-12-13-33-28(36-26)35-23-8-4-22(5-9-23)27(38)34-24-3-1-2-20(18-24)19-37-14-16-39-17-15-37/h1-13,18H,14-17,19H2,(H,34,38)(H,33,35,36). The van der Waals surface area contributed by atoms with E-state index >= 15 is 0 Å². The molecule has 1 aliphatic rings. The topological polar surface area (TPSA) is 88.6 Å². The van der Waals surface area contributed by atoms with Crippen LogP contribution in [0, 0.1) is 0 Å². The van der Waals surface area contributed by atoms with E-state index in [-0.39, 0.29) is 11.7 Å². The number of amides is 1. The minimum atomic E-state index is -4.75. The van der Waals surface area contributed by atoms with Crippen molar-refractivity contribution in [3.05, 3.63) is 96.2 Å². The predicted molar refractivity (Wildman–Crippen MR) is 144 cm³/mol. The Balaban J connectivity index is 1.19. The van der Waals surface area contributed by atoms with E-state index in [0.717, 1.165) is 44.1 Å². The number of rotatable bonds is 8. The van der Waals surface area contributed by atoms with Crippen molar-refractivity contribution in [3.8, 4) is 17.0 Å². The lowest BCUT2D eigenvalue weighted by Gasteiger charge is -2.26. The average Bonchev–Trinajstić information content (AvgIpc) is 2.94. The molecule has 40 heavy (non-hydrogen) atoms. The third kappa shape index (κ3) is 7.55. The van der Waals surface area contributed by atoms with Crippen molar-refractivity contribution in [1.82, 2.24) is 14.9 Å². The Labute approximate surface area is 228 Å². The maximum Gasteiger partial charge on any atom is 0.573 e. The summed E-state index contributed by atoms with van der Waals surface area (Å²) in [5.74, 6) is -0.248. The van der Waals surface area contributed by atoms with Crippen LogP contribution in [0.1, 0.15) is 15.9 Å². The number of carbonyl (C=O) groups is 1. The van der Waals surface area contributed by atoms with E-state index in [2.05, 4.69) is 30.2 Å². The lowest BCUT2D eigenvalue weighted by atomic mass is 10.1. The quantitative estimate of drug-likeness (QED) is 0.284. The zero-order chi connectivity index (χ0) is 28.0. The fourth-order valence-corrected chi connectivity index (χ4v) is 4.21. The van der Waals surface area contributed by atoms with Gasteiger partial charge in [-0.25, -0.2) is 9.97 Å². The van der Waals surface area contributed by atoms with Gasteiger partial charge in [0.2, 0.25) is 5.95 Å². The van der Waals surface area contributed by atoms with Gasteiger partial charge in [0.05, 0.1) is 18.9 Å². The fourth-order valence-electron chi connectivity index (χ4n) is 4.21. The van der Waals surface area contributed by atoms with Gasteiger partial charge in [-0.3, -0.25) is 9.69 Å². The summed E-state index contributed by atoms with van der Waals surface area (Å²) in [7, 11) is 0. The zero-order valence-electron chi connectivity index (χ0n) is 21.3. The molecule has 1 fully saturated rings. The number of carbonyl (C=O) groups excluding carboxylic acids is 1. The Morgan fingerprint density at radius 2 is 1.70 bits per heavy atom. The molecule has 0 bridgehead atoms. The Bertz CT molecular complexity index is 1440. The Morgan fingerprint density at radius 1 is 0.950 bits per heavy atom. The first-order valence-electron chi connectivity index (χ1n) is 12.6. The minimum absolute atomic E-state index is 0.230. The third-order valence-electron chi connectivity index (χ3n) is 6.14. The molecule has 0 radical (unpaired) electrons. The molecule has 0 saturated carbocycles. The second-order valence-corrected chi connectivity index (χ2v) is 9.08. The summed E-state index contributed by atoms with van der Waals surface area (Å²) in [5, 5.41) is 6.03. The highest BCUT2D eigenvalue weighted by molar-refractivity contribution is 6.04. The number of alkyl halides is 3. The molecule has 2 heterocycles. The highest BCUT2D eigenvalue weighted by Crippen LogP contribution is 2.26. The summed E-state index contributed by atoms with van der Waals surface area (Å²) in [6.45, 7) is 4.04. The zero-order valence-corrected chi connectivity index (χ0v) is 21.3. The molecule has 0 unspecified atom stereocenters. The molecular formula is C29H26F3N5O3. The van der Waals surface area contributed by atoms with E-state index in [9.17, 15) is 18.0 Å². The van der Waals surface area contributed by atoms with Crippen molar-refractivity contribution in [2.75, 3.05) is 36.9 Å². The van der Waals surface area contributed by atoms with Gasteiger partial charge in [0.15, 0.2) is 0 Å². The Morgan fingerprint density at radius 3 is 2.42 bits per heavy atom. The lowest BCUT2D eigenvalue weighted by Crippen LogP contribution is -2.35. The summed E-state index contributed by atoms with van der Waals surface area (Å²) in [4.78, 5) is 23.8. The molecule has 1 saturated heterocycles. The summed E-state index contributed by atoms with van der Waals surface area (Å²) in [6.07, 6.45) is -3.21. The van der Waals surface area contributed by atoms with Crippen LogP contribution in [-0.4, -0.2) is 53.4 Å². The molecule has 2 N–H and O–H groups in total. The molecule has 8 nitrogen and oxygen atoms in total. The molecule has 1 aliphatic heterocycles. The van der Waals surface area contributed by atoms with Gasteiger partial charge in [-0.2, -0.15) is 0 Å². The number of benzene rings is 3. The number of morpholine rings is 1. The van der Waals surface area contributed by atoms with Crippen LogP contribution in [0.4, 0.5) is 30.5 Å². The number of aromatic nitrogens is 2. The fraction of sp³-hybridized carbons (Fsp3) is 0.207. The van der Waals surface area contributed by atoms with Crippen molar-refractivity contribution < 1.29 is 27.4 Å². The highest BCUT2D eigenvalue weighted by Gasteiger charge is 2.31. The maximum absolute atomic E-state index is 12.8. The number of hydrogen-bond donors (Lipinski definition) is 2. The maximum atomic E-state index is 12.8. The van der Waals surface area contributed by atoms with Crippen LogP contribution in [-0.2, 0) is 11.3 Å². The number of hydrogen-bond acceptors (Lipinski definition) is 7. The molecule has 4 aromatic rings. The van der Waals surface area contributed by atoms with Gasteiger partial charge in [-0.15, -0.1) is 13.2 Å². The van der Waals surface area contributed by atoms with Gasteiger partial charge < -0.3 is 20.1 Å². The van der Waals surface area contributed by atoms with Crippen LogP contribution in [0.5, 0.6) is 5.75 Å². The second-order valence-electron chi connectivity index (χ2n) is 9.08. The lowest BCUT2D eigenvalue weighted by molar-refractivity contribution is -0.274. The van der Waals surface area contributed by atoms with E-state index in [1.165, 1.54) is 24.3 Å². The molecule has 1 amide bonds. The molecule has 5 rings (SSSR count). The summed E-state index contributed by atoms with van der Waals surface area (Å²) in [6, 6.07) is 21.7. The van der Waals surface area contributed by atoms with E-state index < -0.39 is 6.36 Å².